The number of ether oxygens (including phenoxy) is 1. The van der Waals surface area contributed by atoms with Gasteiger partial charge < -0.3 is 10.1 Å². The van der Waals surface area contributed by atoms with Crippen molar-refractivity contribution in [3.8, 4) is 5.88 Å². The summed E-state index contributed by atoms with van der Waals surface area (Å²) in [7, 11) is 0. The van der Waals surface area contributed by atoms with Gasteiger partial charge in [-0.25, -0.2) is 23.7 Å². The molecule has 2 aromatic heterocycles. The van der Waals surface area contributed by atoms with Crippen molar-refractivity contribution in [3.05, 3.63) is 54.0 Å². The largest absolute Gasteiger partial charge is 0.475 e. The van der Waals surface area contributed by atoms with Crippen LogP contribution >= 0.6 is 0 Å². The minimum Gasteiger partial charge on any atom is -0.475 e. The number of aromatic nitrogens is 3. The van der Waals surface area contributed by atoms with Crippen molar-refractivity contribution in [2.75, 3.05) is 18.5 Å². The van der Waals surface area contributed by atoms with Gasteiger partial charge in [-0.3, -0.25) is 0 Å². The minimum atomic E-state index is -4.59. The number of rotatable bonds is 6. The number of halogens is 5. The molecule has 0 bridgehead atoms. The summed E-state index contributed by atoms with van der Waals surface area (Å²) in [6, 6.07) is 8.58. The smallest absolute Gasteiger partial charge is 0.421 e. The Morgan fingerprint density at radius 1 is 1.04 bits per heavy atom. The lowest BCUT2D eigenvalue weighted by Gasteiger charge is -2.13. The zero-order valence-corrected chi connectivity index (χ0v) is 13.7. The van der Waals surface area contributed by atoms with E-state index in [1.54, 1.807) is 24.3 Å². The first-order valence-electron chi connectivity index (χ1n) is 7.80. The Bertz CT molecular complexity index is 933. The topological polar surface area (TPSA) is 59.9 Å². The van der Waals surface area contributed by atoms with Crippen LogP contribution in [0.15, 0.2) is 42.6 Å². The van der Waals surface area contributed by atoms with Crippen LogP contribution < -0.4 is 10.1 Å². The first-order valence-corrected chi connectivity index (χ1v) is 7.80. The van der Waals surface area contributed by atoms with Crippen LogP contribution in [0.2, 0.25) is 0 Å². The molecule has 3 rings (SSSR count). The Hall–Kier alpha value is -3.04. The van der Waals surface area contributed by atoms with Crippen LogP contribution in [-0.4, -0.2) is 28.1 Å². The van der Waals surface area contributed by atoms with Gasteiger partial charge in [0.25, 0.3) is 6.43 Å². The van der Waals surface area contributed by atoms with Crippen LogP contribution in [0.5, 0.6) is 5.88 Å². The number of nitrogens with one attached hydrogen (secondary N) is 1. The Balaban J connectivity index is 1.72. The molecule has 0 saturated heterocycles. The molecule has 0 spiro atoms. The fourth-order valence-corrected chi connectivity index (χ4v) is 2.37. The summed E-state index contributed by atoms with van der Waals surface area (Å²) in [6.45, 7) is -0.153. The van der Waals surface area contributed by atoms with E-state index in [-0.39, 0.29) is 19.0 Å². The molecular weight excluding hydrogens is 371 g/mol. The number of alkyl halides is 5. The molecule has 0 aliphatic carbocycles. The van der Waals surface area contributed by atoms with Gasteiger partial charge in [-0.1, -0.05) is 12.1 Å². The van der Waals surface area contributed by atoms with E-state index >= 15 is 0 Å². The molecule has 0 amide bonds. The average Bonchev–Trinajstić information content (AvgIpc) is 2.64. The summed E-state index contributed by atoms with van der Waals surface area (Å²) in [6.07, 6.45) is -6.26. The SMILES string of the molecule is FC(F)c1nc(NCCOc2ncccc2C(F)(F)F)c2ccccc2n1. The van der Waals surface area contributed by atoms with Gasteiger partial charge in [0.1, 0.15) is 18.0 Å². The molecule has 0 radical (unpaired) electrons. The van der Waals surface area contributed by atoms with Crippen molar-refractivity contribution in [2.45, 2.75) is 12.6 Å². The molecule has 0 fully saturated rings. The van der Waals surface area contributed by atoms with E-state index in [0.29, 0.717) is 10.9 Å². The van der Waals surface area contributed by atoms with E-state index in [9.17, 15) is 22.0 Å². The lowest BCUT2D eigenvalue weighted by molar-refractivity contribution is -0.139. The second-order valence-electron chi connectivity index (χ2n) is 5.38. The second-order valence-corrected chi connectivity index (χ2v) is 5.38. The van der Waals surface area contributed by atoms with Crippen LogP contribution in [0.4, 0.5) is 27.8 Å². The van der Waals surface area contributed by atoms with Gasteiger partial charge in [0.05, 0.1) is 12.1 Å². The van der Waals surface area contributed by atoms with Gasteiger partial charge in [0.15, 0.2) is 5.82 Å². The molecule has 1 N–H and O–H groups in total. The van der Waals surface area contributed by atoms with E-state index in [1.165, 1.54) is 6.20 Å². The van der Waals surface area contributed by atoms with Crippen molar-refractivity contribution in [1.82, 2.24) is 15.0 Å². The zero-order chi connectivity index (χ0) is 19.4. The zero-order valence-electron chi connectivity index (χ0n) is 13.7. The first-order chi connectivity index (χ1) is 12.9. The molecule has 27 heavy (non-hydrogen) atoms. The van der Waals surface area contributed by atoms with Gasteiger partial charge in [-0.2, -0.15) is 13.2 Å². The van der Waals surface area contributed by atoms with E-state index < -0.39 is 29.9 Å². The molecule has 1 aromatic carbocycles. The quantitative estimate of drug-likeness (QED) is 0.502. The Labute approximate surface area is 150 Å². The number of nitrogens with zero attached hydrogens (tertiary/aromatic N) is 3. The van der Waals surface area contributed by atoms with E-state index in [2.05, 4.69) is 20.3 Å². The molecule has 0 aliphatic heterocycles. The number of para-hydroxylation sites is 1. The van der Waals surface area contributed by atoms with Crippen molar-refractivity contribution >= 4 is 16.7 Å². The molecule has 2 heterocycles. The number of anilines is 1. The van der Waals surface area contributed by atoms with E-state index in [4.69, 9.17) is 4.74 Å². The highest BCUT2D eigenvalue weighted by molar-refractivity contribution is 5.88. The summed E-state index contributed by atoms with van der Waals surface area (Å²) in [4.78, 5) is 11.1. The predicted octanol–water partition coefficient (Wildman–Crippen LogP) is 4.47. The van der Waals surface area contributed by atoms with Crippen LogP contribution in [0.1, 0.15) is 17.8 Å². The van der Waals surface area contributed by atoms with Crippen LogP contribution in [0.25, 0.3) is 10.9 Å². The van der Waals surface area contributed by atoms with Crippen LogP contribution in [-0.2, 0) is 6.18 Å². The summed E-state index contributed by atoms with van der Waals surface area (Å²) in [5, 5.41) is 3.30. The highest BCUT2D eigenvalue weighted by Gasteiger charge is 2.35. The van der Waals surface area contributed by atoms with E-state index in [0.717, 1.165) is 12.1 Å². The Kier molecular flexibility index (Phi) is 5.33. The fraction of sp³-hybridized carbons (Fsp3) is 0.235. The maximum absolute atomic E-state index is 12.9. The molecule has 3 aromatic rings. The average molecular weight is 384 g/mol. The standard InChI is InChI=1S/C17H13F5N4O/c18-13(19)15-25-12-6-2-1-4-10(12)14(26-15)23-8-9-27-16-11(17(20,21)22)5-3-7-24-16/h1-7,13H,8-9H2,(H,23,25,26). The number of benzene rings is 1. The molecule has 10 heteroatoms. The van der Waals surface area contributed by atoms with E-state index in [1.807, 2.05) is 0 Å². The summed E-state index contributed by atoms with van der Waals surface area (Å²) < 4.78 is 69.7. The summed E-state index contributed by atoms with van der Waals surface area (Å²) >= 11 is 0. The maximum atomic E-state index is 12.9. The highest BCUT2D eigenvalue weighted by atomic mass is 19.4. The maximum Gasteiger partial charge on any atom is 0.421 e. The highest BCUT2D eigenvalue weighted by Crippen LogP contribution is 2.34. The lowest BCUT2D eigenvalue weighted by Crippen LogP contribution is -2.16. The summed E-state index contributed by atoms with van der Waals surface area (Å²) in [5.74, 6) is -1.04. The molecule has 5 nitrogen and oxygen atoms in total. The van der Waals surface area contributed by atoms with Crippen LogP contribution in [0, 0.1) is 0 Å². The third-order valence-corrected chi connectivity index (χ3v) is 3.53. The number of pyridine rings is 1. The fourth-order valence-electron chi connectivity index (χ4n) is 2.37. The number of fused-ring (bicyclic) bond motifs is 1. The molecular formula is C17H13F5N4O. The van der Waals surface area contributed by atoms with Gasteiger partial charge in [-0.05, 0) is 24.3 Å². The molecule has 0 saturated carbocycles. The van der Waals surface area contributed by atoms with Gasteiger partial charge in [0, 0.05) is 11.6 Å². The monoisotopic (exact) mass is 384 g/mol. The first kappa shape index (κ1) is 18.7. The number of hydrogen-bond donors (Lipinski definition) is 1. The molecule has 0 aliphatic rings. The molecule has 0 unspecified atom stereocenters. The van der Waals surface area contributed by atoms with Crippen molar-refractivity contribution in [2.24, 2.45) is 0 Å². The van der Waals surface area contributed by atoms with Crippen molar-refractivity contribution in [3.63, 3.8) is 0 Å². The Morgan fingerprint density at radius 3 is 2.56 bits per heavy atom. The van der Waals surface area contributed by atoms with Gasteiger partial charge >= 0.3 is 6.18 Å². The second kappa shape index (κ2) is 7.68. The summed E-state index contributed by atoms with van der Waals surface area (Å²) in [5.41, 5.74) is -0.659. The minimum absolute atomic E-state index is 0.0254. The third-order valence-electron chi connectivity index (χ3n) is 3.53. The van der Waals surface area contributed by atoms with Gasteiger partial charge in [-0.15, -0.1) is 0 Å². The number of hydrogen-bond acceptors (Lipinski definition) is 5. The van der Waals surface area contributed by atoms with Crippen molar-refractivity contribution < 1.29 is 26.7 Å². The third kappa shape index (κ3) is 4.39. The normalized spacial score (nSPS) is 11.8. The van der Waals surface area contributed by atoms with Crippen LogP contribution in [0.3, 0.4) is 0 Å². The molecule has 142 valence electrons. The van der Waals surface area contributed by atoms with Crippen molar-refractivity contribution in [1.29, 1.82) is 0 Å². The predicted molar refractivity (Wildman–Crippen MR) is 87.7 cm³/mol. The lowest BCUT2D eigenvalue weighted by atomic mass is 10.2. The Morgan fingerprint density at radius 2 is 1.81 bits per heavy atom. The molecule has 0 atom stereocenters. The van der Waals surface area contributed by atoms with Gasteiger partial charge in [0.2, 0.25) is 5.88 Å².